The lowest BCUT2D eigenvalue weighted by molar-refractivity contribution is -0.126. The van der Waals surface area contributed by atoms with Crippen LogP contribution in [0.1, 0.15) is 41.8 Å². The predicted molar refractivity (Wildman–Crippen MR) is 98.1 cm³/mol. The summed E-state index contributed by atoms with van der Waals surface area (Å²) < 4.78 is 34.9. The first-order valence-electron chi connectivity index (χ1n) is 8.74. The van der Waals surface area contributed by atoms with Gasteiger partial charge in [-0.05, 0) is 37.6 Å². The molecule has 1 aliphatic rings. The minimum absolute atomic E-state index is 0.142. The Kier molecular flexibility index (Phi) is 4.76. The van der Waals surface area contributed by atoms with E-state index in [1.165, 1.54) is 30.0 Å². The highest BCUT2D eigenvalue weighted by Crippen LogP contribution is 2.49. The highest BCUT2D eigenvalue weighted by Gasteiger charge is 2.52. The molecule has 0 aromatic heterocycles. The van der Waals surface area contributed by atoms with Gasteiger partial charge in [-0.2, -0.15) is 0 Å². The largest absolute Gasteiger partial charge is 0.462 e. The smallest absolute Gasteiger partial charge is 0.338 e. The molecule has 0 spiro atoms. The van der Waals surface area contributed by atoms with Gasteiger partial charge in [0.15, 0.2) is 0 Å². The molecule has 2 aromatic rings. The van der Waals surface area contributed by atoms with Crippen LogP contribution in [0.15, 0.2) is 48.5 Å². The van der Waals surface area contributed by atoms with Gasteiger partial charge in [0.2, 0.25) is 5.91 Å². The number of amides is 1. The van der Waals surface area contributed by atoms with E-state index in [4.69, 9.17) is 4.74 Å². The molecule has 142 valence electrons. The van der Waals surface area contributed by atoms with Crippen LogP contribution in [0.2, 0.25) is 0 Å². The lowest BCUT2D eigenvalue weighted by atomic mass is 9.77. The van der Waals surface area contributed by atoms with Crippen LogP contribution in [0.5, 0.6) is 0 Å². The molecule has 6 heteroatoms. The van der Waals surface area contributed by atoms with Crippen molar-refractivity contribution < 1.29 is 23.1 Å². The van der Waals surface area contributed by atoms with Gasteiger partial charge >= 0.3 is 5.97 Å². The number of anilines is 1. The molecule has 1 atom stereocenters. The second kappa shape index (κ2) is 6.76. The first kappa shape index (κ1) is 19.0. The first-order valence-corrected chi connectivity index (χ1v) is 8.74. The summed E-state index contributed by atoms with van der Waals surface area (Å²) >= 11 is 0. The van der Waals surface area contributed by atoms with Gasteiger partial charge in [-0.15, -0.1) is 0 Å². The molecular weight excluding hydrogens is 352 g/mol. The number of halogens is 2. The first-order chi connectivity index (χ1) is 12.7. The van der Waals surface area contributed by atoms with Crippen LogP contribution >= 0.6 is 0 Å². The van der Waals surface area contributed by atoms with E-state index >= 15 is 0 Å². The normalized spacial score (nSPS) is 19.1. The number of ether oxygens (including phenoxy) is 1. The van der Waals surface area contributed by atoms with Gasteiger partial charge < -0.3 is 9.64 Å². The summed E-state index contributed by atoms with van der Waals surface area (Å²) in [5, 5.41) is 0. The fraction of sp³-hybridized carbons (Fsp3) is 0.333. The number of fused-ring (bicyclic) bond motifs is 1. The lowest BCUT2D eigenvalue weighted by Gasteiger charge is -2.29. The van der Waals surface area contributed by atoms with Crippen LogP contribution < -0.4 is 4.90 Å². The van der Waals surface area contributed by atoms with E-state index in [1.807, 2.05) is 0 Å². The molecule has 2 aromatic carbocycles. The molecule has 0 aliphatic carbocycles. The van der Waals surface area contributed by atoms with Crippen LogP contribution in [0, 0.1) is 0 Å². The number of likely N-dealkylation sites (N-methyl/N-ethyl adjacent to an activating group) is 1. The molecule has 1 unspecified atom stereocenters. The lowest BCUT2D eigenvalue weighted by Crippen LogP contribution is -2.40. The van der Waals surface area contributed by atoms with Crippen LogP contribution in [0.25, 0.3) is 0 Å². The van der Waals surface area contributed by atoms with Crippen LogP contribution in [0.3, 0.4) is 0 Å². The van der Waals surface area contributed by atoms with Crippen molar-refractivity contribution in [1.29, 1.82) is 0 Å². The summed E-state index contributed by atoms with van der Waals surface area (Å²) in [6.07, 6.45) is -0.688. The van der Waals surface area contributed by atoms with Crippen LogP contribution in [0.4, 0.5) is 14.5 Å². The number of esters is 1. The summed E-state index contributed by atoms with van der Waals surface area (Å²) in [7, 11) is 1.55. The Hall–Kier alpha value is -2.76. The van der Waals surface area contributed by atoms with Crippen LogP contribution in [-0.2, 0) is 20.9 Å². The minimum atomic E-state index is -3.20. The van der Waals surface area contributed by atoms with Crippen molar-refractivity contribution in [2.75, 3.05) is 18.6 Å². The number of carbonyl (C=O) groups excluding carboxylic acids is 2. The molecule has 0 fully saturated rings. The monoisotopic (exact) mass is 373 g/mol. The van der Waals surface area contributed by atoms with Crippen molar-refractivity contribution >= 4 is 17.6 Å². The Morgan fingerprint density at radius 1 is 1.19 bits per heavy atom. The summed E-state index contributed by atoms with van der Waals surface area (Å²) in [5.74, 6) is -4.16. The van der Waals surface area contributed by atoms with E-state index in [0.717, 1.165) is 0 Å². The van der Waals surface area contributed by atoms with Crippen molar-refractivity contribution in [1.82, 2.24) is 0 Å². The van der Waals surface area contributed by atoms with Crippen molar-refractivity contribution in [3.05, 3.63) is 65.2 Å². The SMILES string of the molecule is CCOC(=O)c1ccc2c(c1)C(C)(CC(F)(F)c1ccccc1)C(=O)N2C. The third-order valence-electron chi connectivity index (χ3n) is 5.01. The number of hydrogen-bond donors (Lipinski definition) is 0. The number of benzene rings is 2. The van der Waals surface area contributed by atoms with Gasteiger partial charge in [-0.3, -0.25) is 4.79 Å². The number of alkyl halides is 2. The number of carbonyl (C=O) groups is 2. The van der Waals surface area contributed by atoms with E-state index < -0.39 is 29.6 Å². The topological polar surface area (TPSA) is 46.6 Å². The highest BCUT2D eigenvalue weighted by molar-refractivity contribution is 6.08. The Labute approximate surface area is 156 Å². The fourth-order valence-electron chi connectivity index (χ4n) is 3.61. The van der Waals surface area contributed by atoms with Crippen LogP contribution in [-0.4, -0.2) is 25.5 Å². The zero-order valence-corrected chi connectivity index (χ0v) is 15.5. The number of nitrogens with zero attached hydrogens (tertiary/aromatic N) is 1. The van der Waals surface area contributed by atoms with Gasteiger partial charge in [-0.25, -0.2) is 13.6 Å². The molecule has 1 heterocycles. The molecule has 1 amide bonds. The average Bonchev–Trinajstić information content (AvgIpc) is 2.83. The minimum Gasteiger partial charge on any atom is -0.462 e. The highest BCUT2D eigenvalue weighted by atomic mass is 19.3. The maximum atomic E-state index is 15.0. The van der Waals surface area contributed by atoms with E-state index in [9.17, 15) is 18.4 Å². The van der Waals surface area contributed by atoms with Gasteiger partial charge in [0, 0.05) is 24.7 Å². The van der Waals surface area contributed by atoms with Crippen molar-refractivity contribution in [2.24, 2.45) is 0 Å². The quantitative estimate of drug-likeness (QED) is 0.735. The Bertz CT molecular complexity index is 882. The molecule has 0 saturated heterocycles. The Balaban J connectivity index is 2.04. The van der Waals surface area contributed by atoms with Crippen molar-refractivity contribution in [3.63, 3.8) is 0 Å². The fourth-order valence-corrected chi connectivity index (χ4v) is 3.61. The van der Waals surface area contributed by atoms with Gasteiger partial charge in [-0.1, -0.05) is 30.3 Å². The summed E-state index contributed by atoms with van der Waals surface area (Å²) in [6, 6.07) is 12.1. The predicted octanol–water partition coefficient (Wildman–Crippen LogP) is 4.28. The summed E-state index contributed by atoms with van der Waals surface area (Å²) in [6.45, 7) is 3.40. The molecule has 27 heavy (non-hydrogen) atoms. The molecule has 1 aliphatic heterocycles. The molecule has 4 nitrogen and oxygen atoms in total. The molecule has 3 rings (SSSR count). The zero-order valence-electron chi connectivity index (χ0n) is 15.5. The van der Waals surface area contributed by atoms with Crippen molar-refractivity contribution in [2.45, 2.75) is 31.6 Å². The third-order valence-corrected chi connectivity index (χ3v) is 5.01. The van der Waals surface area contributed by atoms with E-state index in [2.05, 4.69) is 0 Å². The second-order valence-corrected chi connectivity index (χ2v) is 6.90. The Morgan fingerprint density at radius 2 is 1.85 bits per heavy atom. The maximum Gasteiger partial charge on any atom is 0.338 e. The number of hydrogen-bond acceptors (Lipinski definition) is 3. The molecule has 0 bridgehead atoms. The van der Waals surface area contributed by atoms with E-state index in [0.29, 0.717) is 11.3 Å². The standard InChI is InChI=1S/C21H21F2NO3/c1-4-27-18(25)14-10-11-17-16(12-14)20(2,19(26)24(17)3)13-21(22,23)15-8-6-5-7-9-15/h5-12H,4,13H2,1-3H3. The molecule has 0 N–H and O–H groups in total. The third kappa shape index (κ3) is 3.20. The van der Waals surface area contributed by atoms with E-state index in [-0.39, 0.29) is 17.7 Å². The van der Waals surface area contributed by atoms with Gasteiger partial charge in [0.05, 0.1) is 17.6 Å². The maximum absolute atomic E-state index is 15.0. The molecular formula is C21H21F2NO3. The molecule has 0 saturated carbocycles. The van der Waals surface area contributed by atoms with E-state index in [1.54, 1.807) is 44.3 Å². The molecule has 0 radical (unpaired) electrons. The summed E-state index contributed by atoms with van der Waals surface area (Å²) in [5.41, 5.74) is -0.411. The van der Waals surface area contributed by atoms with Gasteiger partial charge in [0.25, 0.3) is 5.92 Å². The second-order valence-electron chi connectivity index (χ2n) is 6.90. The summed E-state index contributed by atoms with van der Waals surface area (Å²) in [4.78, 5) is 26.3. The van der Waals surface area contributed by atoms with Gasteiger partial charge in [0.1, 0.15) is 0 Å². The average molecular weight is 373 g/mol. The number of rotatable bonds is 5. The van der Waals surface area contributed by atoms with Crippen molar-refractivity contribution in [3.8, 4) is 0 Å². The zero-order chi connectivity index (χ0) is 19.8. The Morgan fingerprint density at radius 3 is 2.48 bits per heavy atom.